The van der Waals surface area contributed by atoms with Crippen molar-refractivity contribution in [3.63, 3.8) is 0 Å². The van der Waals surface area contributed by atoms with Crippen LogP contribution in [0.3, 0.4) is 0 Å². The number of aryl methyl sites for hydroxylation is 4. The van der Waals surface area contributed by atoms with Crippen molar-refractivity contribution in [1.82, 2.24) is 0 Å². The number of benzene rings is 8. The van der Waals surface area contributed by atoms with Crippen LogP contribution in [0.25, 0.3) is 32.3 Å². The van der Waals surface area contributed by atoms with Crippen molar-refractivity contribution in [3.8, 4) is 0 Å². The molecule has 0 unspecified atom stereocenters. The first kappa shape index (κ1) is 29.0. The maximum Gasteiger partial charge on any atom is 0.0540 e. The normalized spacial score (nSPS) is 11.7. The molecule has 0 aliphatic carbocycles. The van der Waals surface area contributed by atoms with Crippen molar-refractivity contribution < 1.29 is 0 Å². The van der Waals surface area contributed by atoms with Crippen molar-refractivity contribution in [2.75, 3.05) is 4.90 Å². The minimum atomic E-state index is 0.267. The molecule has 8 rings (SSSR count). The Morgan fingerprint density at radius 2 is 0.809 bits per heavy atom. The van der Waals surface area contributed by atoms with Crippen LogP contribution in [0, 0.1) is 27.7 Å². The van der Waals surface area contributed by atoms with Crippen LogP contribution in [-0.4, -0.2) is 0 Å². The Bertz CT molecular complexity index is 2240. The summed E-state index contributed by atoms with van der Waals surface area (Å²) in [5.41, 5.74) is 12.7. The first-order chi connectivity index (χ1) is 22.9. The van der Waals surface area contributed by atoms with E-state index >= 15 is 0 Å². The maximum absolute atomic E-state index is 2.41. The van der Waals surface area contributed by atoms with E-state index in [-0.39, 0.29) is 5.92 Å². The van der Waals surface area contributed by atoms with Crippen molar-refractivity contribution in [2.24, 2.45) is 0 Å². The second-order valence-electron chi connectivity index (χ2n) is 13.3. The second kappa shape index (κ2) is 11.8. The largest absolute Gasteiger partial charge is 0.310 e. The summed E-state index contributed by atoms with van der Waals surface area (Å²) in [4.78, 5) is 2.41. The van der Waals surface area contributed by atoms with Crippen LogP contribution < -0.4 is 4.90 Å². The standard InChI is InChI=1S/C46H39N/c1-30-5-13-34(14-6-30)43(35-15-7-31(2)8-16-35)29-38-20-19-36-17-18-37-21-28-44(42-27-26-41(38)45(36)46(37)42)47(39-22-9-32(3)10-23-39)40-24-11-33(4)12-25-40/h5-28,43H,29H2,1-4H3. The van der Waals surface area contributed by atoms with Crippen molar-refractivity contribution in [1.29, 1.82) is 0 Å². The van der Waals surface area contributed by atoms with E-state index in [1.54, 1.807) is 0 Å². The fraction of sp³-hybridized carbons (Fsp3) is 0.130. The van der Waals surface area contributed by atoms with Crippen LogP contribution in [0.2, 0.25) is 0 Å². The molecule has 0 bridgehead atoms. The maximum atomic E-state index is 2.41. The van der Waals surface area contributed by atoms with E-state index in [2.05, 4.69) is 178 Å². The summed E-state index contributed by atoms with van der Waals surface area (Å²) in [6.45, 7) is 8.63. The molecule has 1 nitrogen and oxygen atoms in total. The molecule has 8 aromatic carbocycles. The van der Waals surface area contributed by atoms with Crippen LogP contribution >= 0.6 is 0 Å². The number of nitrogens with zero attached hydrogens (tertiary/aromatic N) is 1. The van der Waals surface area contributed by atoms with Crippen molar-refractivity contribution in [3.05, 3.63) is 185 Å². The lowest BCUT2D eigenvalue weighted by Crippen LogP contribution is -2.10. The van der Waals surface area contributed by atoms with E-state index < -0.39 is 0 Å². The summed E-state index contributed by atoms with van der Waals surface area (Å²) < 4.78 is 0. The summed E-state index contributed by atoms with van der Waals surface area (Å²) in [7, 11) is 0. The first-order valence-electron chi connectivity index (χ1n) is 16.7. The van der Waals surface area contributed by atoms with Gasteiger partial charge in [-0.1, -0.05) is 138 Å². The molecule has 0 amide bonds. The molecule has 0 aliphatic heterocycles. The van der Waals surface area contributed by atoms with Gasteiger partial charge in [-0.25, -0.2) is 0 Å². The Kier molecular flexibility index (Phi) is 7.26. The summed E-state index contributed by atoms with van der Waals surface area (Å²) in [6.07, 6.45) is 0.937. The Balaban J connectivity index is 1.32. The summed E-state index contributed by atoms with van der Waals surface area (Å²) in [6, 6.07) is 54.6. The Hall–Kier alpha value is -5.40. The van der Waals surface area contributed by atoms with Gasteiger partial charge < -0.3 is 4.90 Å². The van der Waals surface area contributed by atoms with E-state index in [1.165, 1.54) is 76.9 Å². The van der Waals surface area contributed by atoms with Crippen LogP contribution in [-0.2, 0) is 6.42 Å². The molecule has 1 heteroatoms. The SMILES string of the molecule is Cc1ccc(C(Cc2ccc3ccc4ccc(N(c5ccc(C)cc5)c5ccc(C)cc5)c5ccc2c3c45)c2ccc(C)cc2)cc1. The molecular weight excluding hydrogens is 567 g/mol. The zero-order chi connectivity index (χ0) is 32.1. The van der Waals surface area contributed by atoms with Gasteiger partial charge in [-0.3, -0.25) is 0 Å². The van der Waals surface area contributed by atoms with Crippen molar-refractivity contribution in [2.45, 2.75) is 40.0 Å². The lowest BCUT2D eigenvalue weighted by atomic mass is 9.83. The smallest absolute Gasteiger partial charge is 0.0540 e. The van der Waals surface area contributed by atoms with Gasteiger partial charge in [-0.05, 0) is 108 Å². The van der Waals surface area contributed by atoms with Crippen molar-refractivity contribution >= 4 is 49.4 Å². The van der Waals surface area contributed by atoms with E-state index in [1.807, 2.05) is 0 Å². The molecule has 0 aliphatic rings. The van der Waals surface area contributed by atoms with E-state index in [4.69, 9.17) is 0 Å². The number of hydrogen-bond acceptors (Lipinski definition) is 1. The highest BCUT2D eigenvalue weighted by Gasteiger charge is 2.21. The third kappa shape index (κ3) is 5.32. The van der Waals surface area contributed by atoms with Gasteiger partial charge in [0.2, 0.25) is 0 Å². The van der Waals surface area contributed by atoms with E-state index in [9.17, 15) is 0 Å². The zero-order valence-corrected chi connectivity index (χ0v) is 27.6. The highest BCUT2D eigenvalue weighted by Crippen LogP contribution is 2.45. The Morgan fingerprint density at radius 3 is 1.32 bits per heavy atom. The van der Waals surface area contributed by atoms with Gasteiger partial charge in [-0.2, -0.15) is 0 Å². The second-order valence-corrected chi connectivity index (χ2v) is 13.3. The molecule has 0 heterocycles. The zero-order valence-electron chi connectivity index (χ0n) is 27.6. The molecule has 0 spiro atoms. The number of hydrogen-bond donors (Lipinski definition) is 0. The molecule has 47 heavy (non-hydrogen) atoms. The quantitative estimate of drug-likeness (QED) is 0.163. The predicted molar refractivity (Wildman–Crippen MR) is 202 cm³/mol. The monoisotopic (exact) mass is 605 g/mol. The highest BCUT2D eigenvalue weighted by atomic mass is 15.1. The van der Waals surface area contributed by atoms with E-state index in [0.717, 1.165) is 17.8 Å². The van der Waals surface area contributed by atoms with Crippen LogP contribution in [0.1, 0.15) is 44.9 Å². The predicted octanol–water partition coefficient (Wildman–Crippen LogP) is 12.7. The van der Waals surface area contributed by atoms with Crippen LogP contribution in [0.15, 0.2) is 146 Å². The Labute approximate surface area is 278 Å². The summed E-state index contributed by atoms with van der Waals surface area (Å²) >= 11 is 0. The van der Waals surface area contributed by atoms with E-state index in [0.29, 0.717) is 0 Å². The molecule has 8 aromatic rings. The minimum Gasteiger partial charge on any atom is -0.310 e. The van der Waals surface area contributed by atoms with Gasteiger partial charge in [0.15, 0.2) is 0 Å². The molecule has 0 aromatic heterocycles. The molecule has 0 saturated carbocycles. The average molecular weight is 606 g/mol. The molecule has 0 radical (unpaired) electrons. The van der Waals surface area contributed by atoms with Gasteiger partial charge in [0.1, 0.15) is 0 Å². The topological polar surface area (TPSA) is 3.24 Å². The number of anilines is 3. The third-order valence-corrected chi connectivity index (χ3v) is 9.94. The molecule has 0 atom stereocenters. The van der Waals surface area contributed by atoms with Crippen LogP contribution in [0.4, 0.5) is 17.1 Å². The number of rotatable bonds is 7. The lowest BCUT2D eigenvalue weighted by Gasteiger charge is -2.28. The third-order valence-electron chi connectivity index (χ3n) is 9.94. The lowest BCUT2D eigenvalue weighted by molar-refractivity contribution is 0.809. The molecule has 228 valence electrons. The fourth-order valence-electron chi connectivity index (χ4n) is 7.28. The fourth-order valence-corrected chi connectivity index (χ4v) is 7.28. The molecule has 0 fully saturated rings. The van der Waals surface area contributed by atoms with Gasteiger partial charge in [0.25, 0.3) is 0 Å². The van der Waals surface area contributed by atoms with Gasteiger partial charge >= 0.3 is 0 Å². The molecule has 0 N–H and O–H groups in total. The first-order valence-corrected chi connectivity index (χ1v) is 16.7. The summed E-state index contributed by atoms with van der Waals surface area (Å²) in [5.74, 6) is 0.267. The van der Waals surface area contributed by atoms with Crippen LogP contribution in [0.5, 0.6) is 0 Å². The highest BCUT2D eigenvalue weighted by molar-refractivity contribution is 6.26. The average Bonchev–Trinajstić information content (AvgIpc) is 3.09. The van der Waals surface area contributed by atoms with Gasteiger partial charge in [0.05, 0.1) is 5.69 Å². The summed E-state index contributed by atoms with van der Waals surface area (Å²) in [5, 5.41) is 7.88. The molecule has 0 saturated heterocycles. The van der Waals surface area contributed by atoms with Gasteiger partial charge in [-0.15, -0.1) is 0 Å². The Morgan fingerprint density at radius 1 is 0.404 bits per heavy atom. The van der Waals surface area contributed by atoms with Gasteiger partial charge in [0, 0.05) is 22.7 Å². The minimum absolute atomic E-state index is 0.267. The molecular formula is C46H39N.